The van der Waals surface area contributed by atoms with Gasteiger partial charge in [0.15, 0.2) is 11.5 Å². The fraction of sp³-hybridized carbons (Fsp3) is 0.636. The SMILES string of the molecule is CCCCCCCCCCCCc1coc(C2=CC(O)C(O)C(O)=C2)c1O. The van der Waals surface area contributed by atoms with Gasteiger partial charge in [0.1, 0.15) is 18.0 Å². The van der Waals surface area contributed by atoms with Gasteiger partial charge in [0.2, 0.25) is 0 Å². The van der Waals surface area contributed by atoms with E-state index in [4.69, 9.17) is 4.42 Å². The molecule has 0 radical (unpaired) electrons. The van der Waals surface area contributed by atoms with Crippen LogP contribution in [0.2, 0.25) is 0 Å². The zero-order chi connectivity index (χ0) is 19.6. The van der Waals surface area contributed by atoms with Gasteiger partial charge in [-0.2, -0.15) is 0 Å². The normalized spacial score (nSPS) is 19.8. The van der Waals surface area contributed by atoms with Crippen molar-refractivity contribution in [1.82, 2.24) is 0 Å². The summed E-state index contributed by atoms with van der Waals surface area (Å²) in [6.07, 6.45) is 15.0. The number of hydrogen-bond donors (Lipinski definition) is 4. The van der Waals surface area contributed by atoms with Crippen molar-refractivity contribution in [3.8, 4) is 5.75 Å². The number of furan rings is 1. The molecular formula is C22H34O5. The molecule has 1 aliphatic rings. The van der Waals surface area contributed by atoms with Gasteiger partial charge < -0.3 is 24.8 Å². The second-order valence-corrected chi connectivity index (χ2v) is 7.50. The molecule has 1 aliphatic carbocycles. The van der Waals surface area contributed by atoms with Crippen LogP contribution in [0.3, 0.4) is 0 Å². The number of aromatic hydroxyl groups is 1. The standard InChI is InChI=1S/C22H34O5/c1-2-3-4-5-6-7-8-9-10-11-12-16-15-27-22(20(16)25)17-13-18(23)21(26)19(24)14-17/h13-15,18,21,23-26H,2-12H2,1H3. The van der Waals surface area contributed by atoms with Gasteiger partial charge in [-0.3, -0.25) is 0 Å². The molecule has 0 amide bonds. The fourth-order valence-electron chi connectivity index (χ4n) is 3.46. The Hall–Kier alpha value is -1.72. The first kappa shape index (κ1) is 21.6. The van der Waals surface area contributed by atoms with E-state index in [2.05, 4.69) is 6.92 Å². The van der Waals surface area contributed by atoms with Crippen molar-refractivity contribution in [1.29, 1.82) is 0 Å². The van der Waals surface area contributed by atoms with Crippen LogP contribution in [0.25, 0.3) is 5.57 Å². The third kappa shape index (κ3) is 6.43. The van der Waals surface area contributed by atoms with Crippen LogP contribution in [-0.2, 0) is 6.42 Å². The highest BCUT2D eigenvalue weighted by molar-refractivity contribution is 5.77. The van der Waals surface area contributed by atoms with E-state index < -0.39 is 12.2 Å². The smallest absolute Gasteiger partial charge is 0.175 e. The van der Waals surface area contributed by atoms with Crippen molar-refractivity contribution >= 4 is 5.57 Å². The van der Waals surface area contributed by atoms with E-state index in [-0.39, 0.29) is 17.3 Å². The summed E-state index contributed by atoms with van der Waals surface area (Å²) < 4.78 is 5.44. The molecule has 1 aromatic heterocycles. The minimum absolute atomic E-state index is 0.0461. The molecule has 0 spiro atoms. The fourth-order valence-corrected chi connectivity index (χ4v) is 3.46. The summed E-state index contributed by atoms with van der Waals surface area (Å²) >= 11 is 0. The molecule has 0 saturated carbocycles. The van der Waals surface area contributed by atoms with Gasteiger partial charge in [0.05, 0.1) is 6.26 Å². The second-order valence-electron chi connectivity index (χ2n) is 7.50. The molecule has 2 atom stereocenters. The van der Waals surface area contributed by atoms with Crippen molar-refractivity contribution in [2.45, 2.75) is 89.8 Å². The zero-order valence-corrected chi connectivity index (χ0v) is 16.4. The molecule has 152 valence electrons. The highest BCUT2D eigenvalue weighted by Crippen LogP contribution is 2.35. The van der Waals surface area contributed by atoms with E-state index in [0.29, 0.717) is 5.57 Å². The predicted molar refractivity (Wildman–Crippen MR) is 107 cm³/mol. The van der Waals surface area contributed by atoms with E-state index in [9.17, 15) is 20.4 Å². The van der Waals surface area contributed by atoms with Crippen molar-refractivity contribution in [3.05, 3.63) is 35.5 Å². The predicted octanol–water partition coefficient (Wildman–Crippen LogP) is 5.01. The molecule has 0 aliphatic heterocycles. The highest BCUT2D eigenvalue weighted by atomic mass is 16.4. The summed E-state index contributed by atoms with van der Waals surface area (Å²) in [7, 11) is 0. The van der Waals surface area contributed by atoms with Crippen LogP contribution in [0.5, 0.6) is 5.75 Å². The molecule has 4 N–H and O–H groups in total. The maximum absolute atomic E-state index is 10.4. The third-order valence-electron chi connectivity index (χ3n) is 5.18. The second kappa shape index (κ2) is 11.2. The lowest BCUT2D eigenvalue weighted by Crippen LogP contribution is -2.28. The van der Waals surface area contributed by atoms with Crippen molar-refractivity contribution in [3.63, 3.8) is 0 Å². The number of rotatable bonds is 12. The Morgan fingerprint density at radius 1 is 0.889 bits per heavy atom. The molecule has 5 nitrogen and oxygen atoms in total. The minimum atomic E-state index is -1.34. The molecule has 0 fully saturated rings. The average molecular weight is 379 g/mol. The van der Waals surface area contributed by atoms with E-state index >= 15 is 0 Å². The van der Waals surface area contributed by atoms with Gasteiger partial charge >= 0.3 is 0 Å². The lowest BCUT2D eigenvalue weighted by molar-refractivity contribution is 0.0438. The van der Waals surface area contributed by atoms with Crippen LogP contribution in [0.4, 0.5) is 0 Å². The number of allylic oxidation sites excluding steroid dienone is 2. The van der Waals surface area contributed by atoms with E-state index in [1.807, 2.05) is 0 Å². The number of aliphatic hydroxyl groups is 3. The van der Waals surface area contributed by atoms with Crippen molar-refractivity contribution in [2.75, 3.05) is 0 Å². The maximum atomic E-state index is 10.4. The summed E-state index contributed by atoms with van der Waals surface area (Å²) in [5, 5.41) is 39.3. The zero-order valence-electron chi connectivity index (χ0n) is 16.4. The molecule has 2 rings (SSSR count). The van der Waals surface area contributed by atoms with Crippen LogP contribution in [0, 0.1) is 0 Å². The van der Waals surface area contributed by atoms with E-state index in [0.717, 1.165) is 24.8 Å². The Labute approximate surface area is 162 Å². The summed E-state index contributed by atoms with van der Waals surface area (Å²) in [4.78, 5) is 0. The number of aliphatic hydroxyl groups excluding tert-OH is 3. The lowest BCUT2D eigenvalue weighted by Gasteiger charge is -2.19. The molecule has 1 heterocycles. The van der Waals surface area contributed by atoms with Crippen molar-refractivity contribution in [2.24, 2.45) is 0 Å². The molecule has 27 heavy (non-hydrogen) atoms. The van der Waals surface area contributed by atoms with Crippen LogP contribution >= 0.6 is 0 Å². The minimum Gasteiger partial charge on any atom is -0.509 e. The molecule has 2 unspecified atom stereocenters. The highest BCUT2D eigenvalue weighted by Gasteiger charge is 2.26. The van der Waals surface area contributed by atoms with Crippen LogP contribution < -0.4 is 0 Å². The maximum Gasteiger partial charge on any atom is 0.175 e. The Kier molecular flexibility index (Phi) is 8.95. The van der Waals surface area contributed by atoms with Gasteiger partial charge in [-0.05, 0) is 25.0 Å². The Balaban J connectivity index is 1.71. The largest absolute Gasteiger partial charge is 0.509 e. The van der Waals surface area contributed by atoms with E-state index in [1.54, 1.807) is 0 Å². The van der Waals surface area contributed by atoms with Gasteiger partial charge in [-0.1, -0.05) is 64.7 Å². The molecule has 0 aromatic carbocycles. The number of unbranched alkanes of at least 4 members (excludes halogenated alkanes) is 9. The average Bonchev–Trinajstić information content (AvgIpc) is 3.01. The lowest BCUT2D eigenvalue weighted by atomic mass is 9.98. The molecule has 1 aromatic rings. The third-order valence-corrected chi connectivity index (χ3v) is 5.18. The van der Waals surface area contributed by atoms with E-state index in [1.165, 1.54) is 69.8 Å². The molecule has 0 bridgehead atoms. The van der Waals surface area contributed by atoms with Gasteiger partial charge in [0, 0.05) is 11.1 Å². The monoisotopic (exact) mass is 378 g/mol. The molecular weight excluding hydrogens is 344 g/mol. The first-order valence-corrected chi connectivity index (χ1v) is 10.3. The number of hydrogen-bond acceptors (Lipinski definition) is 5. The van der Waals surface area contributed by atoms with Crippen LogP contribution in [0.15, 0.2) is 28.6 Å². The summed E-state index contributed by atoms with van der Waals surface area (Å²) in [5.41, 5.74) is 1.11. The molecule has 5 heteroatoms. The Morgan fingerprint density at radius 2 is 1.48 bits per heavy atom. The first-order chi connectivity index (χ1) is 13.0. The molecule has 0 saturated heterocycles. The topological polar surface area (TPSA) is 94.1 Å². The summed E-state index contributed by atoms with van der Waals surface area (Å²) in [6.45, 7) is 2.24. The van der Waals surface area contributed by atoms with Crippen LogP contribution in [0.1, 0.15) is 82.5 Å². The van der Waals surface area contributed by atoms with Gasteiger partial charge in [-0.25, -0.2) is 0 Å². The van der Waals surface area contributed by atoms with Crippen LogP contribution in [-0.4, -0.2) is 32.6 Å². The Morgan fingerprint density at radius 3 is 2.07 bits per heavy atom. The summed E-state index contributed by atoms with van der Waals surface area (Å²) in [5.74, 6) is -0.0774. The first-order valence-electron chi connectivity index (χ1n) is 10.3. The number of aryl methyl sites for hydroxylation is 1. The van der Waals surface area contributed by atoms with Gasteiger partial charge in [0.25, 0.3) is 0 Å². The quantitative estimate of drug-likeness (QED) is 0.384. The Bertz CT molecular complexity index is 629. The van der Waals surface area contributed by atoms with Crippen molar-refractivity contribution < 1.29 is 24.8 Å². The summed E-state index contributed by atoms with van der Waals surface area (Å²) in [6, 6.07) is 0. The van der Waals surface area contributed by atoms with Gasteiger partial charge in [-0.15, -0.1) is 0 Å².